The molecule has 0 aliphatic carbocycles. The summed E-state index contributed by atoms with van der Waals surface area (Å²) in [6.07, 6.45) is 1.77. The Morgan fingerprint density at radius 1 is 1.42 bits per heavy atom. The standard InChI is InChI=1S/C13H19N5O/c1-10(8-14)17-4-6-18(7-5-17)13(19)12-9-16(3)15-11(12)2/h9-10H,4-7H2,1-3H3. The molecule has 1 fully saturated rings. The Morgan fingerprint density at radius 3 is 2.53 bits per heavy atom. The van der Waals surface area contributed by atoms with E-state index in [2.05, 4.69) is 16.1 Å². The second-order valence-corrected chi connectivity index (χ2v) is 4.94. The molecule has 1 aliphatic heterocycles. The lowest BCUT2D eigenvalue weighted by Crippen LogP contribution is -2.51. The Balaban J connectivity index is 2.00. The molecule has 2 rings (SSSR count). The van der Waals surface area contributed by atoms with Crippen molar-refractivity contribution in [3.63, 3.8) is 0 Å². The first kappa shape index (κ1) is 13.6. The number of hydrogen-bond acceptors (Lipinski definition) is 4. The van der Waals surface area contributed by atoms with E-state index in [1.807, 2.05) is 25.8 Å². The number of piperazine rings is 1. The fourth-order valence-corrected chi connectivity index (χ4v) is 2.37. The normalized spacial score (nSPS) is 18.1. The van der Waals surface area contributed by atoms with Gasteiger partial charge in [-0.3, -0.25) is 14.4 Å². The van der Waals surface area contributed by atoms with Crippen LogP contribution in [0.25, 0.3) is 0 Å². The summed E-state index contributed by atoms with van der Waals surface area (Å²) < 4.78 is 1.66. The monoisotopic (exact) mass is 261 g/mol. The maximum atomic E-state index is 12.4. The highest BCUT2D eigenvalue weighted by molar-refractivity contribution is 5.95. The van der Waals surface area contributed by atoms with Crippen molar-refractivity contribution in [3.05, 3.63) is 17.5 Å². The molecule has 102 valence electrons. The molecule has 2 heterocycles. The van der Waals surface area contributed by atoms with Crippen molar-refractivity contribution in [2.24, 2.45) is 7.05 Å². The molecule has 1 unspecified atom stereocenters. The third kappa shape index (κ3) is 2.76. The smallest absolute Gasteiger partial charge is 0.257 e. The predicted octanol–water partition coefficient (Wildman–Crippen LogP) is 0.398. The number of rotatable bonds is 2. The van der Waals surface area contributed by atoms with Gasteiger partial charge < -0.3 is 4.90 Å². The van der Waals surface area contributed by atoms with Crippen LogP contribution in [0.2, 0.25) is 0 Å². The van der Waals surface area contributed by atoms with Gasteiger partial charge in [0.15, 0.2) is 0 Å². The molecular formula is C13H19N5O. The van der Waals surface area contributed by atoms with Gasteiger partial charge in [-0.1, -0.05) is 0 Å². The highest BCUT2D eigenvalue weighted by Gasteiger charge is 2.26. The number of amides is 1. The highest BCUT2D eigenvalue weighted by atomic mass is 16.2. The van der Waals surface area contributed by atoms with Crippen molar-refractivity contribution < 1.29 is 4.79 Å². The first-order chi connectivity index (χ1) is 9.02. The SMILES string of the molecule is Cc1nn(C)cc1C(=O)N1CCN(C(C)C#N)CC1. The van der Waals surface area contributed by atoms with Gasteiger partial charge in [0, 0.05) is 39.4 Å². The van der Waals surface area contributed by atoms with E-state index in [-0.39, 0.29) is 11.9 Å². The number of aryl methyl sites for hydroxylation is 2. The first-order valence-electron chi connectivity index (χ1n) is 6.46. The zero-order valence-corrected chi connectivity index (χ0v) is 11.6. The number of nitrogens with zero attached hydrogens (tertiary/aromatic N) is 5. The fraction of sp³-hybridized carbons (Fsp3) is 0.615. The summed E-state index contributed by atoms with van der Waals surface area (Å²) in [6, 6.07) is 2.15. The molecule has 0 spiro atoms. The van der Waals surface area contributed by atoms with Gasteiger partial charge in [-0.25, -0.2) is 0 Å². The van der Waals surface area contributed by atoms with Crippen LogP contribution in [0.4, 0.5) is 0 Å². The molecule has 1 aromatic rings. The molecule has 6 nitrogen and oxygen atoms in total. The molecular weight excluding hydrogens is 242 g/mol. The van der Waals surface area contributed by atoms with Crippen LogP contribution < -0.4 is 0 Å². The van der Waals surface area contributed by atoms with Crippen LogP contribution in [0, 0.1) is 18.3 Å². The van der Waals surface area contributed by atoms with E-state index in [4.69, 9.17) is 5.26 Å². The molecule has 1 aromatic heterocycles. The van der Waals surface area contributed by atoms with Crippen LogP contribution in [0.1, 0.15) is 23.0 Å². The number of carbonyl (C=O) groups is 1. The number of hydrogen-bond donors (Lipinski definition) is 0. The van der Waals surface area contributed by atoms with Crippen LogP contribution in [0.5, 0.6) is 0 Å². The summed E-state index contributed by atoms with van der Waals surface area (Å²) in [5.74, 6) is 0.0369. The Kier molecular flexibility index (Phi) is 3.86. The van der Waals surface area contributed by atoms with E-state index >= 15 is 0 Å². The third-order valence-electron chi connectivity index (χ3n) is 3.58. The molecule has 0 bridgehead atoms. The maximum Gasteiger partial charge on any atom is 0.257 e. The molecule has 0 N–H and O–H groups in total. The molecule has 6 heteroatoms. The van der Waals surface area contributed by atoms with E-state index in [9.17, 15) is 4.79 Å². The first-order valence-corrected chi connectivity index (χ1v) is 6.46. The molecule has 1 saturated heterocycles. The number of carbonyl (C=O) groups excluding carboxylic acids is 1. The van der Waals surface area contributed by atoms with E-state index in [1.165, 1.54) is 0 Å². The number of nitriles is 1. The fourth-order valence-electron chi connectivity index (χ4n) is 2.37. The quantitative estimate of drug-likeness (QED) is 0.773. The summed E-state index contributed by atoms with van der Waals surface area (Å²) in [7, 11) is 1.82. The summed E-state index contributed by atoms with van der Waals surface area (Å²) in [4.78, 5) is 16.3. The van der Waals surface area contributed by atoms with Crippen LogP contribution in [-0.4, -0.2) is 57.7 Å². The lowest BCUT2D eigenvalue weighted by atomic mass is 10.2. The Bertz CT molecular complexity index is 508. The van der Waals surface area contributed by atoms with Gasteiger partial charge in [0.25, 0.3) is 5.91 Å². The number of aromatic nitrogens is 2. The van der Waals surface area contributed by atoms with Gasteiger partial charge in [0.2, 0.25) is 0 Å². The zero-order chi connectivity index (χ0) is 14.0. The summed E-state index contributed by atoms with van der Waals surface area (Å²) in [6.45, 7) is 6.57. The second-order valence-electron chi connectivity index (χ2n) is 4.94. The van der Waals surface area contributed by atoms with Crippen molar-refractivity contribution in [1.82, 2.24) is 19.6 Å². The molecule has 1 amide bonds. The van der Waals surface area contributed by atoms with Crippen molar-refractivity contribution in [2.75, 3.05) is 26.2 Å². The van der Waals surface area contributed by atoms with Gasteiger partial charge in [-0.05, 0) is 13.8 Å². The topological polar surface area (TPSA) is 65.2 Å². The van der Waals surface area contributed by atoms with Gasteiger partial charge in [-0.2, -0.15) is 10.4 Å². The van der Waals surface area contributed by atoms with E-state index in [0.717, 1.165) is 18.8 Å². The van der Waals surface area contributed by atoms with E-state index in [0.29, 0.717) is 18.7 Å². The van der Waals surface area contributed by atoms with Crippen molar-refractivity contribution in [3.8, 4) is 6.07 Å². The minimum Gasteiger partial charge on any atom is -0.336 e. The molecule has 0 aromatic carbocycles. The summed E-state index contributed by atoms with van der Waals surface area (Å²) in [5, 5.41) is 13.1. The lowest BCUT2D eigenvalue weighted by Gasteiger charge is -2.35. The summed E-state index contributed by atoms with van der Waals surface area (Å²) >= 11 is 0. The van der Waals surface area contributed by atoms with Crippen molar-refractivity contribution in [2.45, 2.75) is 19.9 Å². The second kappa shape index (κ2) is 5.41. The average Bonchev–Trinajstić information content (AvgIpc) is 2.76. The van der Waals surface area contributed by atoms with Crippen molar-refractivity contribution >= 4 is 5.91 Å². The molecule has 19 heavy (non-hydrogen) atoms. The maximum absolute atomic E-state index is 12.4. The predicted molar refractivity (Wildman–Crippen MR) is 70.5 cm³/mol. The van der Waals surface area contributed by atoms with Crippen LogP contribution in [0.15, 0.2) is 6.20 Å². The third-order valence-corrected chi connectivity index (χ3v) is 3.58. The minimum absolute atomic E-state index is 0.0369. The largest absolute Gasteiger partial charge is 0.336 e. The van der Waals surface area contributed by atoms with E-state index < -0.39 is 0 Å². The van der Waals surface area contributed by atoms with Crippen LogP contribution in [-0.2, 0) is 7.05 Å². The van der Waals surface area contributed by atoms with Gasteiger partial charge in [-0.15, -0.1) is 0 Å². The molecule has 0 radical (unpaired) electrons. The van der Waals surface area contributed by atoms with Gasteiger partial charge in [0.05, 0.1) is 23.4 Å². The van der Waals surface area contributed by atoms with Crippen LogP contribution >= 0.6 is 0 Å². The van der Waals surface area contributed by atoms with E-state index in [1.54, 1.807) is 10.9 Å². The average molecular weight is 261 g/mol. The van der Waals surface area contributed by atoms with Gasteiger partial charge >= 0.3 is 0 Å². The Labute approximate surface area is 113 Å². The molecule has 1 atom stereocenters. The van der Waals surface area contributed by atoms with Crippen molar-refractivity contribution in [1.29, 1.82) is 5.26 Å². The highest BCUT2D eigenvalue weighted by Crippen LogP contribution is 2.12. The molecule has 1 aliphatic rings. The Hall–Kier alpha value is -1.87. The van der Waals surface area contributed by atoms with Crippen LogP contribution in [0.3, 0.4) is 0 Å². The lowest BCUT2D eigenvalue weighted by molar-refractivity contribution is 0.0615. The Morgan fingerprint density at radius 2 is 2.05 bits per heavy atom. The minimum atomic E-state index is -0.0858. The molecule has 0 saturated carbocycles. The zero-order valence-electron chi connectivity index (χ0n) is 11.6. The van der Waals surface area contributed by atoms with Gasteiger partial charge in [0.1, 0.15) is 0 Å². The summed E-state index contributed by atoms with van der Waals surface area (Å²) in [5.41, 5.74) is 1.43.